The summed E-state index contributed by atoms with van der Waals surface area (Å²) in [4.78, 5) is 46.3. The Balaban J connectivity index is 1.47. The maximum Gasteiger partial charge on any atom is 0.283 e. The Labute approximate surface area is 222 Å². The summed E-state index contributed by atoms with van der Waals surface area (Å²) in [6, 6.07) is 18.8. The lowest BCUT2D eigenvalue weighted by molar-refractivity contribution is -0.113. The van der Waals surface area contributed by atoms with Crippen LogP contribution in [0.4, 0.5) is 5.69 Å². The zero-order valence-corrected chi connectivity index (χ0v) is 21.4. The molecule has 0 bridgehead atoms. The summed E-state index contributed by atoms with van der Waals surface area (Å²) in [7, 11) is 3.06. The minimum Gasteiger partial charge on any atom is -0.497 e. The van der Waals surface area contributed by atoms with Gasteiger partial charge < -0.3 is 9.47 Å². The minimum absolute atomic E-state index is 0.0184. The monoisotopic (exact) mass is 533 g/mol. The van der Waals surface area contributed by atoms with Crippen LogP contribution in [0, 0.1) is 0 Å². The third kappa shape index (κ3) is 4.59. The highest BCUT2D eigenvalue weighted by Crippen LogP contribution is 2.35. The topological polar surface area (TPSA) is 88.5 Å². The molecule has 37 heavy (non-hydrogen) atoms. The fourth-order valence-electron chi connectivity index (χ4n) is 3.95. The normalized spacial score (nSPS) is 15.9. The van der Waals surface area contributed by atoms with Gasteiger partial charge in [0.25, 0.3) is 17.7 Å². The number of amides is 3. The van der Waals surface area contributed by atoms with Gasteiger partial charge in [-0.25, -0.2) is 4.99 Å². The SMILES string of the molecule is COc1ccc(/C=C2\N=C(SCN3C(=O)c4ccccc4C3=O)N(c3ccc(Cl)c(OC)c3)C2=O)cc1. The molecule has 0 spiro atoms. The van der Waals surface area contributed by atoms with Crippen LogP contribution in [0.1, 0.15) is 26.3 Å². The molecule has 0 aromatic heterocycles. The van der Waals surface area contributed by atoms with Crippen LogP contribution in [0.2, 0.25) is 5.02 Å². The summed E-state index contributed by atoms with van der Waals surface area (Å²) >= 11 is 7.30. The quantitative estimate of drug-likeness (QED) is 0.324. The molecule has 0 atom stereocenters. The van der Waals surface area contributed by atoms with Gasteiger partial charge in [-0.1, -0.05) is 47.6 Å². The Bertz CT molecular complexity index is 1450. The molecule has 5 rings (SSSR count). The molecular formula is C27H20ClN3O5S. The fraction of sp³-hybridized carbons (Fsp3) is 0.111. The number of thioether (sulfide) groups is 1. The third-order valence-electron chi connectivity index (χ3n) is 5.84. The molecule has 186 valence electrons. The van der Waals surface area contributed by atoms with E-state index in [9.17, 15) is 14.4 Å². The number of methoxy groups -OCH3 is 2. The van der Waals surface area contributed by atoms with Crippen molar-refractivity contribution in [1.82, 2.24) is 4.90 Å². The highest BCUT2D eigenvalue weighted by atomic mass is 35.5. The van der Waals surface area contributed by atoms with Gasteiger partial charge in [0, 0.05) is 6.07 Å². The average molecular weight is 534 g/mol. The number of hydrogen-bond acceptors (Lipinski definition) is 7. The van der Waals surface area contributed by atoms with Crippen molar-refractivity contribution in [1.29, 1.82) is 0 Å². The molecule has 8 nitrogen and oxygen atoms in total. The number of benzene rings is 3. The standard InChI is InChI=1S/C27H20ClN3O5S/c1-35-18-10-7-16(8-11-18)13-22-26(34)31(17-9-12-21(28)23(14-17)36-2)27(29-22)37-15-30-24(32)19-5-3-4-6-20(19)25(30)33/h3-14H,15H2,1-2H3/b22-13-. The van der Waals surface area contributed by atoms with Gasteiger partial charge in [0.15, 0.2) is 5.17 Å². The highest BCUT2D eigenvalue weighted by molar-refractivity contribution is 8.14. The minimum atomic E-state index is -0.383. The third-order valence-corrected chi connectivity index (χ3v) is 7.07. The Kier molecular flexibility index (Phi) is 6.73. The van der Waals surface area contributed by atoms with Crippen LogP contribution in [0.25, 0.3) is 6.08 Å². The first-order valence-electron chi connectivity index (χ1n) is 11.1. The van der Waals surface area contributed by atoms with Gasteiger partial charge in [-0.2, -0.15) is 0 Å². The van der Waals surface area contributed by atoms with E-state index < -0.39 is 0 Å². The number of hydrogen-bond donors (Lipinski definition) is 0. The number of rotatable bonds is 6. The van der Waals surface area contributed by atoms with E-state index in [2.05, 4.69) is 4.99 Å². The van der Waals surface area contributed by atoms with Gasteiger partial charge in [0.2, 0.25) is 0 Å². The Morgan fingerprint density at radius 1 is 0.892 bits per heavy atom. The second kappa shape index (κ2) is 10.1. The zero-order chi connectivity index (χ0) is 26.1. The Morgan fingerprint density at radius 3 is 2.19 bits per heavy atom. The molecule has 3 amide bonds. The smallest absolute Gasteiger partial charge is 0.283 e. The van der Waals surface area contributed by atoms with Gasteiger partial charge in [0.1, 0.15) is 17.2 Å². The molecule has 10 heteroatoms. The first-order valence-corrected chi connectivity index (χ1v) is 12.5. The maximum atomic E-state index is 13.5. The molecule has 2 aliphatic heterocycles. The molecule has 3 aromatic carbocycles. The molecule has 0 saturated carbocycles. The number of halogens is 1. The van der Waals surface area contributed by atoms with Crippen LogP contribution in [0.15, 0.2) is 77.4 Å². The second-order valence-electron chi connectivity index (χ2n) is 8.01. The van der Waals surface area contributed by atoms with Crippen LogP contribution in [0.5, 0.6) is 11.5 Å². The van der Waals surface area contributed by atoms with E-state index >= 15 is 0 Å². The van der Waals surface area contributed by atoms with Crippen molar-refractivity contribution in [2.24, 2.45) is 4.99 Å². The zero-order valence-electron chi connectivity index (χ0n) is 19.8. The highest BCUT2D eigenvalue weighted by Gasteiger charge is 2.38. The molecular weight excluding hydrogens is 514 g/mol. The Morgan fingerprint density at radius 2 is 1.57 bits per heavy atom. The molecule has 0 N–H and O–H groups in total. The number of amidine groups is 1. The average Bonchev–Trinajstić information content (AvgIpc) is 3.36. The summed E-state index contributed by atoms with van der Waals surface area (Å²) in [5.41, 5.74) is 2.16. The number of anilines is 1. The number of carbonyl (C=O) groups is 3. The van der Waals surface area contributed by atoms with Gasteiger partial charge in [-0.3, -0.25) is 24.2 Å². The van der Waals surface area contributed by atoms with E-state index in [4.69, 9.17) is 21.1 Å². The van der Waals surface area contributed by atoms with Crippen molar-refractivity contribution in [3.05, 3.63) is 94.1 Å². The van der Waals surface area contributed by atoms with E-state index in [1.165, 1.54) is 12.0 Å². The number of nitrogens with zero attached hydrogens (tertiary/aromatic N) is 3. The lowest BCUT2D eigenvalue weighted by Gasteiger charge is -2.20. The molecule has 3 aromatic rings. The number of ether oxygens (including phenoxy) is 2. The lowest BCUT2D eigenvalue weighted by atomic mass is 10.1. The summed E-state index contributed by atoms with van der Waals surface area (Å²) in [6.45, 7) is 0. The molecule has 0 aliphatic carbocycles. The predicted octanol–water partition coefficient (Wildman–Crippen LogP) is 5.09. The van der Waals surface area contributed by atoms with E-state index in [0.717, 1.165) is 22.2 Å². The molecule has 0 fully saturated rings. The van der Waals surface area contributed by atoms with E-state index in [0.29, 0.717) is 38.5 Å². The molecule has 0 unspecified atom stereocenters. The van der Waals surface area contributed by atoms with Crippen LogP contribution >= 0.6 is 23.4 Å². The summed E-state index contributed by atoms with van der Waals surface area (Å²) in [6.07, 6.45) is 1.66. The first-order chi connectivity index (χ1) is 17.9. The van der Waals surface area contributed by atoms with E-state index in [-0.39, 0.29) is 29.3 Å². The summed E-state index contributed by atoms with van der Waals surface area (Å²) in [5.74, 6) is -0.0709. The predicted molar refractivity (Wildman–Crippen MR) is 143 cm³/mol. The van der Waals surface area contributed by atoms with Crippen LogP contribution in [-0.4, -0.2) is 47.9 Å². The van der Waals surface area contributed by atoms with Crippen molar-refractivity contribution in [2.75, 3.05) is 25.0 Å². The van der Waals surface area contributed by atoms with Crippen molar-refractivity contribution >= 4 is 58.0 Å². The van der Waals surface area contributed by atoms with Crippen molar-refractivity contribution in [2.45, 2.75) is 0 Å². The number of aliphatic imine (C=N–C) groups is 1. The van der Waals surface area contributed by atoms with Crippen molar-refractivity contribution < 1.29 is 23.9 Å². The van der Waals surface area contributed by atoms with Crippen molar-refractivity contribution in [3.8, 4) is 11.5 Å². The molecule has 2 heterocycles. The van der Waals surface area contributed by atoms with Crippen LogP contribution in [-0.2, 0) is 4.79 Å². The maximum absolute atomic E-state index is 13.5. The first kappa shape index (κ1) is 24.6. The van der Waals surface area contributed by atoms with Gasteiger partial charge in [-0.05, 0) is 48.0 Å². The Hall–Kier alpha value is -4.08. The molecule has 2 aliphatic rings. The summed E-state index contributed by atoms with van der Waals surface area (Å²) in [5, 5.41) is 0.703. The second-order valence-corrected chi connectivity index (χ2v) is 9.33. The van der Waals surface area contributed by atoms with Gasteiger partial charge in [0.05, 0.1) is 41.9 Å². The molecule has 0 radical (unpaired) electrons. The van der Waals surface area contributed by atoms with Crippen LogP contribution in [0.3, 0.4) is 0 Å². The largest absolute Gasteiger partial charge is 0.497 e. The number of imide groups is 1. The van der Waals surface area contributed by atoms with E-state index in [1.54, 1.807) is 67.8 Å². The molecule has 0 saturated heterocycles. The van der Waals surface area contributed by atoms with Crippen LogP contribution < -0.4 is 14.4 Å². The van der Waals surface area contributed by atoms with E-state index in [1.807, 2.05) is 12.1 Å². The van der Waals surface area contributed by atoms with Crippen molar-refractivity contribution in [3.63, 3.8) is 0 Å². The van der Waals surface area contributed by atoms with Gasteiger partial charge >= 0.3 is 0 Å². The van der Waals surface area contributed by atoms with Gasteiger partial charge in [-0.15, -0.1) is 0 Å². The lowest BCUT2D eigenvalue weighted by Crippen LogP contribution is -2.34. The number of carbonyl (C=O) groups excluding carboxylic acids is 3. The fourth-order valence-corrected chi connectivity index (χ4v) is 5.10. The number of fused-ring (bicyclic) bond motifs is 1. The summed E-state index contributed by atoms with van der Waals surface area (Å²) < 4.78 is 10.5.